The number of thiazole rings is 1. The lowest BCUT2D eigenvalue weighted by atomic mass is 10.1. The van der Waals surface area contributed by atoms with Crippen LogP contribution in [0.1, 0.15) is 5.56 Å². The Morgan fingerprint density at radius 2 is 1.61 bits per heavy atom. The highest BCUT2D eigenvalue weighted by molar-refractivity contribution is 7.19. The van der Waals surface area contributed by atoms with Crippen LogP contribution in [0.5, 0.6) is 0 Å². The lowest BCUT2D eigenvalue weighted by Gasteiger charge is -2.02. The Morgan fingerprint density at radius 1 is 0.893 bits per heavy atom. The number of nitrogens with one attached hydrogen (secondary N) is 1. The first-order chi connectivity index (χ1) is 13.7. The molecule has 1 aromatic heterocycles. The predicted octanol–water partition coefficient (Wildman–Crippen LogP) is 6.72. The van der Waals surface area contributed by atoms with Crippen LogP contribution in [0.2, 0.25) is 5.02 Å². The van der Waals surface area contributed by atoms with Crippen LogP contribution in [-0.2, 0) is 0 Å². The number of aromatic nitrogens is 1. The van der Waals surface area contributed by atoms with Crippen LogP contribution >= 0.6 is 22.9 Å². The Hall–Kier alpha value is -3.02. The van der Waals surface area contributed by atoms with Crippen LogP contribution in [-0.4, -0.2) is 11.2 Å². The molecule has 0 amide bonds. The van der Waals surface area contributed by atoms with E-state index in [9.17, 15) is 4.39 Å². The molecule has 1 N–H and O–H groups in total. The highest BCUT2D eigenvalue weighted by Gasteiger charge is 2.14. The summed E-state index contributed by atoms with van der Waals surface area (Å²) in [5, 5.41) is 5.58. The van der Waals surface area contributed by atoms with E-state index in [1.54, 1.807) is 18.3 Å². The summed E-state index contributed by atoms with van der Waals surface area (Å²) < 4.78 is 13.0. The molecule has 0 aliphatic carbocycles. The summed E-state index contributed by atoms with van der Waals surface area (Å²) in [6.07, 6.45) is 1.63. The van der Waals surface area contributed by atoms with E-state index in [1.807, 2.05) is 42.5 Å². The SMILES string of the molecule is Fc1ccc(/C=N\Nc2nc(-c3ccc(Cl)cc3)c(-c3ccccc3)s2)cc1. The molecule has 0 unspecified atom stereocenters. The second-order valence-electron chi connectivity index (χ2n) is 5.99. The summed E-state index contributed by atoms with van der Waals surface area (Å²) in [5.41, 5.74) is 6.71. The van der Waals surface area contributed by atoms with Gasteiger partial charge in [0, 0.05) is 10.6 Å². The minimum Gasteiger partial charge on any atom is -0.253 e. The van der Waals surface area contributed by atoms with E-state index in [0.29, 0.717) is 10.2 Å². The smallest absolute Gasteiger partial charge is 0.204 e. The largest absolute Gasteiger partial charge is 0.253 e. The Morgan fingerprint density at radius 3 is 2.32 bits per heavy atom. The summed E-state index contributed by atoms with van der Waals surface area (Å²) in [4.78, 5) is 5.77. The standard InChI is InChI=1S/C22H15ClFN3S/c23-18-10-8-16(9-11-18)20-21(17-4-2-1-3-5-17)28-22(26-20)27-25-14-15-6-12-19(24)13-7-15/h1-14H,(H,26,27)/b25-14-. The van der Waals surface area contributed by atoms with Gasteiger partial charge in [0.15, 0.2) is 0 Å². The Kier molecular flexibility index (Phi) is 5.46. The number of nitrogens with zero attached hydrogens (tertiary/aromatic N) is 2. The molecule has 3 aromatic carbocycles. The van der Waals surface area contributed by atoms with Gasteiger partial charge in [-0.05, 0) is 35.4 Å². The monoisotopic (exact) mass is 407 g/mol. The third-order valence-corrected chi connectivity index (χ3v) is 5.29. The maximum absolute atomic E-state index is 13.0. The average Bonchev–Trinajstić information content (AvgIpc) is 3.15. The van der Waals surface area contributed by atoms with E-state index in [2.05, 4.69) is 22.7 Å². The van der Waals surface area contributed by atoms with Crippen LogP contribution in [0.3, 0.4) is 0 Å². The fraction of sp³-hybridized carbons (Fsp3) is 0. The van der Waals surface area contributed by atoms with Gasteiger partial charge in [0.1, 0.15) is 5.82 Å². The second kappa shape index (κ2) is 8.33. The molecule has 4 rings (SSSR count). The molecule has 0 atom stereocenters. The van der Waals surface area contributed by atoms with Crippen molar-refractivity contribution in [2.24, 2.45) is 5.10 Å². The average molecular weight is 408 g/mol. The van der Waals surface area contributed by atoms with Gasteiger partial charge < -0.3 is 0 Å². The van der Waals surface area contributed by atoms with Crippen molar-refractivity contribution in [1.82, 2.24) is 4.98 Å². The molecule has 0 aliphatic rings. The zero-order chi connectivity index (χ0) is 19.3. The molecule has 0 bridgehead atoms. The minimum atomic E-state index is -0.273. The molecule has 0 fully saturated rings. The van der Waals surface area contributed by atoms with E-state index in [0.717, 1.165) is 27.3 Å². The number of anilines is 1. The number of hydrogen-bond acceptors (Lipinski definition) is 4. The first-order valence-corrected chi connectivity index (χ1v) is 9.75. The summed E-state index contributed by atoms with van der Waals surface area (Å²) in [7, 11) is 0. The van der Waals surface area contributed by atoms with Gasteiger partial charge in [0.25, 0.3) is 0 Å². The summed E-state index contributed by atoms with van der Waals surface area (Å²) >= 11 is 7.55. The number of hydrogen-bond donors (Lipinski definition) is 1. The topological polar surface area (TPSA) is 37.3 Å². The fourth-order valence-electron chi connectivity index (χ4n) is 2.67. The van der Waals surface area contributed by atoms with E-state index in [1.165, 1.54) is 23.5 Å². The highest BCUT2D eigenvalue weighted by Crippen LogP contribution is 2.39. The molecule has 0 spiro atoms. The molecule has 4 aromatic rings. The molecular formula is C22H15ClFN3S. The van der Waals surface area contributed by atoms with Gasteiger partial charge in [0.05, 0.1) is 16.8 Å². The molecule has 138 valence electrons. The van der Waals surface area contributed by atoms with Crippen LogP contribution in [0.4, 0.5) is 9.52 Å². The third-order valence-electron chi connectivity index (χ3n) is 4.02. The Labute approximate surface area is 171 Å². The lowest BCUT2D eigenvalue weighted by Crippen LogP contribution is -1.90. The van der Waals surface area contributed by atoms with Gasteiger partial charge >= 0.3 is 0 Å². The molecule has 0 aliphatic heterocycles. The van der Waals surface area contributed by atoms with E-state index in [-0.39, 0.29) is 5.82 Å². The zero-order valence-corrected chi connectivity index (χ0v) is 16.2. The molecular weight excluding hydrogens is 393 g/mol. The van der Waals surface area contributed by atoms with Crippen molar-refractivity contribution in [1.29, 1.82) is 0 Å². The summed E-state index contributed by atoms with van der Waals surface area (Å²) in [6.45, 7) is 0. The Balaban J connectivity index is 1.65. The van der Waals surface area contributed by atoms with Crippen LogP contribution in [0.25, 0.3) is 21.7 Å². The first kappa shape index (κ1) is 18.3. The third kappa shape index (κ3) is 4.27. The van der Waals surface area contributed by atoms with Gasteiger partial charge in [-0.1, -0.05) is 77.5 Å². The number of hydrazone groups is 1. The quantitative estimate of drug-likeness (QED) is 0.294. The maximum Gasteiger partial charge on any atom is 0.204 e. The maximum atomic E-state index is 13.0. The molecule has 28 heavy (non-hydrogen) atoms. The number of rotatable bonds is 5. The molecule has 3 nitrogen and oxygen atoms in total. The number of halogens is 2. The molecule has 1 heterocycles. The van der Waals surface area contributed by atoms with Gasteiger partial charge in [0.2, 0.25) is 5.13 Å². The predicted molar refractivity (Wildman–Crippen MR) is 116 cm³/mol. The molecule has 0 radical (unpaired) electrons. The van der Waals surface area contributed by atoms with E-state index in [4.69, 9.17) is 16.6 Å². The van der Waals surface area contributed by atoms with Crippen molar-refractivity contribution >= 4 is 34.3 Å². The van der Waals surface area contributed by atoms with Gasteiger partial charge in [-0.25, -0.2) is 9.37 Å². The van der Waals surface area contributed by atoms with Crippen molar-refractivity contribution in [2.75, 3.05) is 5.43 Å². The fourth-order valence-corrected chi connectivity index (χ4v) is 3.74. The van der Waals surface area contributed by atoms with Crippen molar-refractivity contribution in [2.45, 2.75) is 0 Å². The van der Waals surface area contributed by atoms with Gasteiger partial charge in [-0.15, -0.1) is 0 Å². The van der Waals surface area contributed by atoms with E-state index >= 15 is 0 Å². The zero-order valence-electron chi connectivity index (χ0n) is 14.6. The van der Waals surface area contributed by atoms with Crippen molar-refractivity contribution < 1.29 is 4.39 Å². The highest BCUT2D eigenvalue weighted by atomic mass is 35.5. The normalized spacial score (nSPS) is 11.1. The van der Waals surface area contributed by atoms with Crippen LogP contribution in [0, 0.1) is 5.82 Å². The van der Waals surface area contributed by atoms with Crippen molar-refractivity contribution in [3.05, 3.63) is 95.3 Å². The van der Waals surface area contributed by atoms with Crippen molar-refractivity contribution in [3.63, 3.8) is 0 Å². The summed E-state index contributed by atoms with van der Waals surface area (Å²) in [5.74, 6) is -0.273. The minimum absolute atomic E-state index is 0.273. The second-order valence-corrected chi connectivity index (χ2v) is 7.43. The van der Waals surface area contributed by atoms with E-state index < -0.39 is 0 Å². The summed E-state index contributed by atoms with van der Waals surface area (Å²) in [6, 6.07) is 23.8. The lowest BCUT2D eigenvalue weighted by molar-refractivity contribution is 0.628. The van der Waals surface area contributed by atoms with Gasteiger partial charge in [-0.3, -0.25) is 5.43 Å². The molecule has 0 saturated heterocycles. The molecule has 6 heteroatoms. The van der Waals surface area contributed by atoms with Crippen LogP contribution < -0.4 is 5.43 Å². The first-order valence-electron chi connectivity index (χ1n) is 8.56. The van der Waals surface area contributed by atoms with Crippen molar-refractivity contribution in [3.8, 4) is 21.7 Å². The Bertz CT molecular complexity index is 1090. The number of benzene rings is 3. The van der Waals surface area contributed by atoms with Crippen LogP contribution in [0.15, 0.2) is 84.0 Å². The van der Waals surface area contributed by atoms with Gasteiger partial charge in [-0.2, -0.15) is 5.10 Å². The molecule has 0 saturated carbocycles.